The molecule has 0 radical (unpaired) electrons. The summed E-state index contributed by atoms with van der Waals surface area (Å²) in [6.07, 6.45) is 8.96. The Bertz CT molecular complexity index is 645. The van der Waals surface area contributed by atoms with Crippen LogP contribution in [0.2, 0.25) is 0 Å². The second-order valence-corrected chi connectivity index (χ2v) is 11.1. The van der Waals surface area contributed by atoms with Crippen molar-refractivity contribution in [3.8, 4) is 0 Å². The Morgan fingerprint density at radius 3 is 2.61 bits per heavy atom. The van der Waals surface area contributed by atoms with E-state index in [9.17, 15) is 14.7 Å². The number of hydrogen-bond acceptors (Lipinski definition) is 3. The molecule has 4 aliphatic carbocycles. The minimum Gasteiger partial charge on any atom is -0.481 e. The van der Waals surface area contributed by atoms with Crippen molar-refractivity contribution in [3.05, 3.63) is 0 Å². The van der Waals surface area contributed by atoms with Crippen molar-refractivity contribution in [1.82, 2.24) is 0 Å². The van der Waals surface area contributed by atoms with Gasteiger partial charge in [-0.25, -0.2) is 0 Å². The lowest BCUT2D eigenvalue weighted by Gasteiger charge is -2.60. The molecule has 4 aliphatic rings. The molecule has 0 spiro atoms. The largest absolute Gasteiger partial charge is 0.481 e. The molecule has 0 saturated heterocycles. The van der Waals surface area contributed by atoms with Crippen molar-refractivity contribution in [3.63, 3.8) is 0 Å². The first kappa shape index (κ1) is 20.4. The maximum atomic E-state index is 13.6. The molecule has 158 valence electrons. The first-order valence-electron chi connectivity index (χ1n) is 11.6. The van der Waals surface area contributed by atoms with Gasteiger partial charge in [0.2, 0.25) is 0 Å². The van der Waals surface area contributed by atoms with Crippen LogP contribution in [0.15, 0.2) is 0 Å². The highest BCUT2D eigenvalue weighted by molar-refractivity contribution is 5.87. The highest BCUT2D eigenvalue weighted by atomic mass is 16.4. The van der Waals surface area contributed by atoms with Crippen LogP contribution in [0.3, 0.4) is 0 Å². The van der Waals surface area contributed by atoms with Crippen LogP contribution in [0.25, 0.3) is 0 Å². The molecule has 4 fully saturated rings. The molecule has 0 heterocycles. The Balaban J connectivity index is 1.57. The Hall–Kier alpha value is -0.900. The monoisotopic (exact) mass is 390 g/mol. The summed E-state index contributed by atoms with van der Waals surface area (Å²) < 4.78 is 0. The van der Waals surface area contributed by atoms with Gasteiger partial charge in [-0.1, -0.05) is 20.8 Å². The van der Waals surface area contributed by atoms with Gasteiger partial charge >= 0.3 is 5.97 Å². The number of hydrogen-bond donors (Lipinski definition) is 2. The summed E-state index contributed by atoms with van der Waals surface area (Å²) >= 11 is 0. The molecule has 0 aromatic heterocycles. The summed E-state index contributed by atoms with van der Waals surface area (Å²) in [5.74, 6) is 2.52. The van der Waals surface area contributed by atoms with Gasteiger partial charge < -0.3 is 10.2 Å². The van der Waals surface area contributed by atoms with Crippen molar-refractivity contribution in [2.45, 2.75) is 91.1 Å². The summed E-state index contributed by atoms with van der Waals surface area (Å²) in [6.45, 7) is 6.81. The van der Waals surface area contributed by atoms with E-state index in [1.807, 2.05) is 0 Å². The van der Waals surface area contributed by atoms with E-state index in [1.165, 1.54) is 12.8 Å². The van der Waals surface area contributed by atoms with E-state index in [1.54, 1.807) is 0 Å². The maximum Gasteiger partial charge on any atom is 0.303 e. The van der Waals surface area contributed by atoms with Gasteiger partial charge in [0, 0.05) is 18.3 Å². The number of fused-ring (bicyclic) bond motifs is 5. The number of carbonyl (C=O) groups is 2. The Kier molecular flexibility index (Phi) is 5.17. The molecule has 4 rings (SSSR count). The highest BCUT2D eigenvalue weighted by Crippen LogP contribution is 2.67. The molecule has 9 atom stereocenters. The zero-order valence-electron chi connectivity index (χ0n) is 17.8. The Morgan fingerprint density at radius 2 is 1.89 bits per heavy atom. The fourth-order valence-electron chi connectivity index (χ4n) is 8.44. The van der Waals surface area contributed by atoms with Crippen LogP contribution in [0, 0.1) is 46.3 Å². The molecule has 4 nitrogen and oxygen atoms in total. The normalized spacial score (nSPS) is 49.1. The first-order chi connectivity index (χ1) is 13.2. The standard InChI is InChI=1S/C24H38O4/c1-14(4-9-22(27)28)18-7-8-19-17-6-5-15-12-16(25)10-11-23(15,2)20(17)13-21(26)24(18,19)3/h14-20,25H,4-13H2,1-3H3,(H,27,28)/t14-,15+,16+,17-,18+,19+,20-,23+,24-/m1/s1. The van der Waals surface area contributed by atoms with Crippen LogP contribution in [0.5, 0.6) is 0 Å². The second kappa shape index (κ2) is 7.11. The lowest BCUT2D eigenvalue weighted by atomic mass is 9.44. The number of carbonyl (C=O) groups excluding carboxylic acids is 1. The number of ketones is 1. The van der Waals surface area contributed by atoms with Gasteiger partial charge in [-0.2, -0.15) is 0 Å². The molecule has 0 aliphatic heterocycles. The molecule has 0 unspecified atom stereocenters. The summed E-state index contributed by atoms with van der Waals surface area (Å²) in [7, 11) is 0. The van der Waals surface area contributed by atoms with Crippen molar-refractivity contribution in [2.24, 2.45) is 46.3 Å². The smallest absolute Gasteiger partial charge is 0.303 e. The average Bonchev–Trinajstić information content (AvgIpc) is 3.00. The van der Waals surface area contributed by atoms with E-state index in [0.29, 0.717) is 54.1 Å². The number of carboxylic acids is 1. The van der Waals surface area contributed by atoms with E-state index in [2.05, 4.69) is 20.8 Å². The van der Waals surface area contributed by atoms with Gasteiger partial charge in [-0.05, 0) is 92.3 Å². The summed E-state index contributed by atoms with van der Waals surface area (Å²) in [5, 5.41) is 19.3. The quantitative estimate of drug-likeness (QED) is 0.730. The van der Waals surface area contributed by atoms with Crippen molar-refractivity contribution in [1.29, 1.82) is 0 Å². The van der Waals surface area contributed by atoms with E-state index in [4.69, 9.17) is 5.11 Å². The molecular weight excluding hydrogens is 352 g/mol. The number of aliphatic hydroxyl groups excluding tert-OH is 1. The molecule has 0 aromatic rings. The van der Waals surface area contributed by atoms with Gasteiger partial charge in [-0.3, -0.25) is 9.59 Å². The van der Waals surface area contributed by atoms with Crippen LogP contribution in [0.4, 0.5) is 0 Å². The highest BCUT2D eigenvalue weighted by Gasteiger charge is 2.63. The summed E-state index contributed by atoms with van der Waals surface area (Å²) in [5.41, 5.74) is -0.0391. The second-order valence-electron chi connectivity index (χ2n) is 11.1. The fraction of sp³-hybridized carbons (Fsp3) is 0.917. The molecule has 28 heavy (non-hydrogen) atoms. The van der Waals surface area contributed by atoms with Gasteiger partial charge in [0.15, 0.2) is 0 Å². The topological polar surface area (TPSA) is 74.6 Å². The lowest BCUT2D eigenvalue weighted by molar-refractivity contribution is -0.160. The number of aliphatic carboxylic acids is 1. The first-order valence-corrected chi connectivity index (χ1v) is 11.6. The fourth-order valence-corrected chi connectivity index (χ4v) is 8.44. The number of Topliss-reactive ketones (excluding diaryl/α,β-unsaturated/α-hetero) is 1. The molecule has 0 bridgehead atoms. The maximum absolute atomic E-state index is 13.6. The van der Waals surface area contributed by atoms with Gasteiger partial charge in [-0.15, -0.1) is 0 Å². The molecule has 0 aromatic carbocycles. The van der Waals surface area contributed by atoms with Crippen LogP contribution in [0.1, 0.15) is 85.0 Å². The third-order valence-corrected chi connectivity index (χ3v) is 10.1. The van der Waals surface area contributed by atoms with E-state index < -0.39 is 5.97 Å². The van der Waals surface area contributed by atoms with Crippen molar-refractivity contribution in [2.75, 3.05) is 0 Å². The lowest BCUT2D eigenvalue weighted by Crippen LogP contribution is -2.57. The number of carboxylic acid groups (broad SMARTS) is 1. The average molecular weight is 391 g/mol. The van der Waals surface area contributed by atoms with Crippen LogP contribution in [-0.2, 0) is 9.59 Å². The summed E-state index contributed by atoms with van der Waals surface area (Å²) in [6, 6.07) is 0. The molecule has 2 N–H and O–H groups in total. The van der Waals surface area contributed by atoms with Gasteiger partial charge in [0.1, 0.15) is 5.78 Å². The molecule has 4 saturated carbocycles. The predicted octanol–water partition coefficient (Wildman–Crippen LogP) is 4.69. The van der Waals surface area contributed by atoms with Crippen LogP contribution < -0.4 is 0 Å². The Morgan fingerprint density at radius 1 is 1.14 bits per heavy atom. The number of rotatable bonds is 4. The van der Waals surface area contributed by atoms with Crippen LogP contribution in [-0.4, -0.2) is 28.1 Å². The minimum absolute atomic E-state index is 0.148. The molecule has 0 amide bonds. The Labute approximate surface area is 169 Å². The zero-order valence-corrected chi connectivity index (χ0v) is 17.8. The molecular formula is C24H38O4. The summed E-state index contributed by atoms with van der Waals surface area (Å²) in [4.78, 5) is 24.7. The third kappa shape index (κ3) is 2.97. The number of aliphatic hydroxyl groups is 1. The van der Waals surface area contributed by atoms with E-state index in [0.717, 1.165) is 32.1 Å². The third-order valence-electron chi connectivity index (χ3n) is 10.1. The van der Waals surface area contributed by atoms with E-state index in [-0.39, 0.29) is 23.4 Å². The van der Waals surface area contributed by atoms with Crippen molar-refractivity contribution >= 4 is 11.8 Å². The van der Waals surface area contributed by atoms with Gasteiger partial charge in [0.05, 0.1) is 6.10 Å². The van der Waals surface area contributed by atoms with Gasteiger partial charge in [0.25, 0.3) is 0 Å². The van der Waals surface area contributed by atoms with Crippen molar-refractivity contribution < 1.29 is 19.8 Å². The molecule has 4 heteroatoms. The van der Waals surface area contributed by atoms with E-state index >= 15 is 0 Å². The van der Waals surface area contributed by atoms with Crippen LogP contribution >= 0.6 is 0 Å². The minimum atomic E-state index is -0.729. The SMILES string of the molecule is C[C@H](CCC(=O)O)[C@@H]1CC[C@H]2[C@H]3CC[C@H]4C[C@@H](O)CC[C@]4(C)[C@@H]3CC(=O)[C@@]21C. The zero-order chi connectivity index (χ0) is 20.3. The predicted molar refractivity (Wildman–Crippen MR) is 108 cm³/mol.